The minimum atomic E-state index is -0.266. The standard InChI is InChI=1S/C15H22ClFN2/c1-3-19-8-4-5-11(10-18-2)15(19)13-7-6-12(17)9-14(13)16/h6-7,9,11,15,18H,3-5,8,10H2,1-2H3. The number of benzene rings is 1. The summed E-state index contributed by atoms with van der Waals surface area (Å²) in [5.74, 6) is 0.263. The van der Waals surface area contributed by atoms with Crippen molar-refractivity contribution in [3.8, 4) is 0 Å². The summed E-state index contributed by atoms with van der Waals surface area (Å²) in [7, 11) is 1.98. The van der Waals surface area contributed by atoms with E-state index in [1.807, 2.05) is 13.1 Å². The van der Waals surface area contributed by atoms with Gasteiger partial charge in [0.1, 0.15) is 5.82 Å². The molecule has 2 unspecified atom stereocenters. The molecule has 2 nitrogen and oxygen atoms in total. The molecule has 0 spiro atoms. The average Bonchev–Trinajstić information content (AvgIpc) is 2.39. The smallest absolute Gasteiger partial charge is 0.124 e. The van der Waals surface area contributed by atoms with Crippen molar-refractivity contribution < 1.29 is 4.39 Å². The Morgan fingerprint density at radius 2 is 2.26 bits per heavy atom. The lowest BCUT2D eigenvalue weighted by molar-refractivity contribution is 0.0982. The van der Waals surface area contributed by atoms with Crippen molar-refractivity contribution in [2.24, 2.45) is 5.92 Å². The molecule has 1 aliphatic heterocycles. The summed E-state index contributed by atoms with van der Waals surface area (Å²) in [5.41, 5.74) is 1.06. The van der Waals surface area contributed by atoms with Crippen LogP contribution in [-0.2, 0) is 0 Å². The molecular formula is C15H22ClFN2. The Kier molecular flexibility index (Phi) is 5.20. The first kappa shape index (κ1) is 14.8. The number of rotatable bonds is 4. The number of hydrogen-bond acceptors (Lipinski definition) is 2. The molecule has 2 rings (SSSR count). The molecule has 1 N–H and O–H groups in total. The minimum absolute atomic E-state index is 0.266. The molecule has 2 atom stereocenters. The van der Waals surface area contributed by atoms with Crippen molar-refractivity contribution >= 4 is 11.6 Å². The molecule has 0 saturated carbocycles. The second-order valence-electron chi connectivity index (χ2n) is 5.20. The molecule has 106 valence electrons. The van der Waals surface area contributed by atoms with Crippen molar-refractivity contribution in [3.63, 3.8) is 0 Å². The van der Waals surface area contributed by atoms with E-state index < -0.39 is 0 Å². The third kappa shape index (κ3) is 3.28. The zero-order chi connectivity index (χ0) is 13.8. The van der Waals surface area contributed by atoms with Crippen LogP contribution in [0.4, 0.5) is 4.39 Å². The van der Waals surface area contributed by atoms with Crippen molar-refractivity contribution in [2.75, 3.05) is 26.7 Å². The third-order valence-electron chi connectivity index (χ3n) is 4.01. The Morgan fingerprint density at radius 1 is 1.47 bits per heavy atom. The lowest BCUT2D eigenvalue weighted by Gasteiger charge is -2.41. The average molecular weight is 285 g/mol. The summed E-state index contributed by atoms with van der Waals surface area (Å²) >= 11 is 6.26. The molecular weight excluding hydrogens is 263 g/mol. The molecule has 0 amide bonds. The van der Waals surface area contributed by atoms with E-state index in [-0.39, 0.29) is 5.82 Å². The molecule has 1 aliphatic rings. The molecule has 1 heterocycles. The van der Waals surface area contributed by atoms with E-state index >= 15 is 0 Å². The maximum atomic E-state index is 13.2. The van der Waals surface area contributed by atoms with E-state index in [0.717, 1.165) is 25.2 Å². The number of likely N-dealkylation sites (tertiary alicyclic amines) is 1. The molecule has 0 aliphatic carbocycles. The SMILES string of the molecule is CCN1CCCC(CNC)C1c1ccc(F)cc1Cl. The quantitative estimate of drug-likeness (QED) is 0.911. The van der Waals surface area contributed by atoms with E-state index in [0.29, 0.717) is 17.0 Å². The largest absolute Gasteiger partial charge is 0.319 e. The Hall–Kier alpha value is -0.640. The second-order valence-corrected chi connectivity index (χ2v) is 5.61. The number of nitrogens with one attached hydrogen (secondary N) is 1. The molecule has 1 saturated heterocycles. The highest BCUT2D eigenvalue weighted by atomic mass is 35.5. The summed E-state index contributed by atoms with van der Waals surface area (Å²) in [6.45, 7) is 5.23. The molecule has 0 bridgehead atoms. The van der Waals surface area contributed by atoms with Crippen molar-refractivity contribution in [1.29, 1.82) is 0 Å². The number of halogens is 2. The van der Waals surface area contributed by atoms with Gasteiger partial charge in [0.15, 0.2) is 0 Å². The fourth-order valence-corrected chi connectivity index (χ4v) is 3.45. The van der Waals surface area contributed by atoms with Crippen LogP contribution in [0.5, 0.6) is 0 Å². The highest BCUT2D eigenvalue weighted by Crippen LogP contribution is 2.38. The second kappa shape index (κ2) is 6.69. The Labute approximate surface area is 119 Å². The molecule has 0 aromatic heterocycles. The first-order valence-electron chi connectivity index (χ1n) is 7.01. The molecule has 4 heteroatoms. The summed E-state index contributed by atoms with van der Waals surface area (Å²) in [4.78, 5) is 2.45. The molecule has 0 radical (unpaired) electrons. The van der Waals surface area contributed by atoms with E-state index in [1.54, 1.807) is 0 Å². The van der Waals surface area contributed by atoms with Crippen LogP contribution < -0.4 is 5.32 Å². The fraction of sp³-hybridized carbons (Fsp3) is 0.600. The van der Waals surface area contributed by atoms with Crippen molar-refractivity contribution in [1.82, 2.24) is 10.2 Å². The summed E-state index contributed by atoms with van der Waals surface area (Å²) in [5, 5.41) is 3.82. The molecule has 19 heavy (non-hydrogen) atoms. The van der Waals surface area contributed by atoms with Gasteiger partial charge in [-0.25, -0.2) is 4.39 Å². The van der Waals surface area contributed by atoms with Gasteiger partial charge in [-0.3, -0.25) is 4.90 Å². The van der Waals surface area contributed by atoms with Crippen LogP contribution in [0.1, 0.15) is 31.4 Å². The van der Waals surface area contributed by atoms with Crippen LogP contribution in [-0.4, -0.2) is 31.6 Å². The van der Waals surface area contributed by atoms with Gasteiger partial charge in [0.05, 0.1) is 0 Å². The van der Waals surface area contributed by atoms with Gasteiger partial charge >= 0.3 is 0 Å². The predicted molar refractivity (Wildman–Crippen MR) is 78.0 cm³/mol. The Morgan fingerprint density at radius 3 is 2.89 bits per heavy atom. The van der Waals surface area contributed by atoms with E-state index in [1.165, 1.54) is 25.0 Å². The summed E-state index contributed by atoms with van der Waals surface area (Å²) in [6.07, 6.45) is 2.41. The fourth-order valence-electron chi connectivity index (χ4n) is 3.17. The molecule has 1 fully saturated rings. The number of piperidine rings is 1. The number of hydrogen-bond donors (Lipinski definition) is 1. The lowest BCUT2D eigenvalue weighted by atomic mass is 9.84. The van der Waals surface area contributed by atoms with Crippen LogP contribution in [0.25, 0.3) is 0 Å². The van der Waals surface area contributed by atoms with Gasteiger partial charge in [-0.05, 0) is 63.1 Å². The van der Waals surface area contributed by atoms with Crippen LogP contribution in [0.3, 0.4) is 0 Å². The maximum Gasteiger partial charge on any atom is 0.124 e. The monoisotopic (exact) mass is 284 g/mol. The molecule has 1 aromatic rings. The van der Waals surface area contributed by atoms with Crippen molar-refractivity contribution in [3.05, 3.63) is 34.6 Å². The zero-order valence-electron chi connectivity index (χ0n) is 11.6. The van der Waals surface area contributed by atoms with Gasteiger partial charge in [0, 0.05) is 11.1 Å². The number of nitrogens with zero attached hydrogens (tertiary/aromatic N) is 1. The topological polar surface area (TPSA) is 15.3 Å². The van der Waals surface area contributed by atoms with E-state index in [9.17, 15) is 4.39 Å². The Balaban J connectivity index is 2.33. The Bertz CT molecular complexity index is 423. The molecule has 1 aromatic carbocycles. The van der Waals surface area contributed by atoms with Crippen LogP contribution in [0.2, 0.25) is 5.02 Å². The van der Waals surface area contributed by atoms with Crippen LogP contribution in [0.15, 0.2) is 18.2 Å². The zero-order valence-corrected chi connectivity index (χ0v) is 12.4. The van der Waals surface area contributed by atoms with Gasteiger partial charge in [-0.1, -0.05) is 24.6 Å². The van der Waals surface area contributed by atoms with E-state index in [4.69, 9.17) is 11.6 Å². The minimum Gasteiger partial charge on any atom is -0.319 e. The summed E-state index contributed by atoms with van der Waals surface area (Å²) < 4.78 is 13.2. The first-order chi connectivity index (χ1) is 9.17. The van der Waals surface area contributed by atoms with E-state index in [2.05, 4.69) is 17.1 Å². The first-order valence-corrected chi connectivity index (χ1v) is 7.38. The van der Waals surface area contributed by atoms with Gasteiger partial charge in [-0.2, -0.15) is 0 Å². The van der Waals surface area contributed by atoms with Gasteiger partial charge in [0.25, 0.3) is 0 Å². The van der Waals surface area contributed by atoms with Gasteiger partial charge < -0.3 is 5.32 Å². The van der Waals surface area contributed by atoms with Crippen LogP contribution in [0, 0.1) is 11.7 Å². The van der Waals surface area contributed by atoms with Crippen LogP contribution >= 0.6 is 11.6 Å². The normalized spacial score (nSPS) is 24.6. The van der Waals surface area contributed by atoms with Crippen molar-refractivity contribution in [2.45, 2.75) is 25.8 Å². The summed E-state index contributed by atoms with van der Waals surface area (Å²) in [6, 6.07) is 5.08. The predicted octanol–water partition coefficient (Wildman–Crippen LogP) is 3.47. The van der Waals surface area contributed by atoms with Gasteiger partial charge in [0.2, 0.25) is 0 Å². The van der Waals surface area contributed by atoms with Gasteiger partial charge in [-0.15, -0.1) is 0 Å². The lowest BCUT2D eigenvalue weighted by Crippen LogP contribution is -2.42. The highest BCUT2D eigenvalue weighted by molar-refractivity contribution is 6.31. The highest BCUT2D eigenvalue weighted by Gasteiger charge is 2.32. The third-order valence-corrected chi connectivity index (χ3v) is 4.34. The maximum absolute atomic E-state index is 13.2.